The van der Waals surface area contributed by atoms with Crippen LogP contribution in [0.25, 0.3) is 0 Å². The van der Waals surface area contributed by atoms with E-state index in [1.165, 1.54) is 18.3 Å². The molecule has 2 aromatic carbocycles. The zero-order valence-electron chi connectivity index (χ0n) is 13.6. The van der Waals surface area contributed by atoms with E-state index in [1.807, 2.05) is 30.3 Å². The summed E-state index contributed by atoms with van der Waals surface area (Å²) in [5.41, 5.74) is 3.66. The van der Waals surface area contributed by atoms with Crippen LogP contribution in [0, 0.1) is 16.0 Å². The van der Waals surface area contributed by atoms with Crippen LogP contribution in [0.4, 0.5) is 5.69 Å². The zero-order valence-corrected chi connectivity index (χ0v) is 13.6. The maximum Gasteiger partial charge on any atom is 0.282 e. The summed E-state index contributed by atoms with van der Waals surface area (Å²) >= 11 is 0. The van der Waals surface area contributed by atoms with E-state index in [0.717, 1.165) is 12.0 Å². The van der Waals surface area contributed by atoms with Gasteiger partial charge in [0.05, 0.1) is 22.8 Å². The quantitative estimate of drug-likeness (QED) is 0.505. The van der Waals surface area contributed by atoms with Crippen LogP contribution in [0.1, 0.15) is 23.5 Å². The van der Waals surface area contributed by atoms with Crippen LogP contribution in [0.5, 0.6) is 11.5 Å². The summed E-state index contributed by atoms with van der Waals surface area (Å²) < 4.78 is 10.4. The van der Waals surface area contributed by atoms with Crippen molar-refractivity contribution in [1.82, 2.24) is 5.43 Å². The van der Waals surface area contributed by atoms with Crippen LogP contribution in [0.2, 0.25) is 0 Å². The van der Waals surface area contributed by atoms with Crippen molar-refractivity contribution in [1.29, 1.82) is 0 Å². The van der Waals surface area contributed by atoms with Crippen molar-refractivity contribution in [2.24, 2.45) is 11.0 Å². The first-order valence-corrected chi connectivity index (χ1v) is 8.09. The number of hydrazone groups is 1. The molecule has 1 amide bonds. The molecule has 8 heteroatoms. The van der Waals surface area contributed by atoms with Crippen molar-refractivity contribution < 1.29 is 19.2 Å². The van der Waals surface area contributed by atoms with Gasteiger partial charge in [-0.3, -0.25) is 14.9 Å². The minimum Gasteiger partial charge on any atom is -0.454 e. The number of benzene rings is 2. The van der Waals surface area contributed by atoms with Crippen LogP contribution in [0.3, 0.4) is 0 Å². The third-order valence-electron chi connectivity index (χ3n) is 4.45. The van der Waals surface area contributed by atoms with Gasteiger partial charge in [-0.15, -0.1) is 0 Å². The normalized spacial score (nSPS) is 20.2. The summed E-state index contributed by atoms with van der Waals surface area (Å²) in [5, 5.41) is 15.1. The van der Waals surface area contributed by atoms with Crippen LogP contribution in [0.15, 0.2) is 47.6 Å². The predicted molar refractivity (Wildman–Crippen MR) is 92.2 cm³/mol. The molecule has 4 rings (SSSR count). The standard InChI is InChI=1S/C18H15N3O5/c22-18(14-7-13(14)11-4-2-1-3-5-11)20-19-9-12-6-16-17(26-10-25-16)8-15(12)21(23)24/h1-6,8-9,13-14H,7,10H2,(H,20,22)/b19-9-/t13-,14-/m0/s1. The number of hydrogen-bond donors (Lipinski definition) is 1. The van der Waals surface area contributed by atoms with Crippen LogP contribution in [-0.4, -0.2) is 23.8 Å². The van der Waals surface area contributed by atoms with Gasteiger partial charge in [0.15, 0.2) is 11.5 Å². The van der Waals surface area contributed by atoms with Crippen molar-refractivity contribution in [3.8, 4) is 11.5 Å². The number of nitrogens with one attached hydrogen (secondary N) is 1. The van der Waals surface area contributed by atoms with E-state index in [2.05, 4.69) is 10.5 Å². The highest BCUT2D eigenvalue weighted by atomic mass is 16.7. The summed E-state index contributed by atoms with van der Waals surface area (Å²) in [6.45, 7) is 0.0202. The maximum atomic E-state index is 12.2. The Kier molecular flexibility index (Phi) is 4.00. The lowest BCUT2D eigenvalue weighted by molar-refractivity contribution is -0.385. The van der Waals surface area contributed by atoms with Gasteiger partial charge in [0.1, 0.15) is 0 Å². The number of amides is 1. The zero-order chi connectivity index (χ0) is 18.1. The van der Waals surface area contributed by atoms with Gasteiger partial charge in [-0.05, 0) is 24.0 Å². The van der Waals surface area contributed by atoms with Gasteiger partial charge in [-0.25, -0.2) is 5.43 Å². The molecule has 2 aliphatic rings. The Balaban J connectivity index is 1.43. The largest absolute Gasteiger partial charge is 0.454 e. The molecule has 0 aromatic heterocycles. The van der Waals surface area contributed by atoms with E-state index >= 15 is 0 Å². The molecule has 0 radical (unpaired) electrons. The van der Waals surface area contributed by atoms with Gasteiger partial charge >= 0.3 is 0 Å². The number of ether oxygens (including phenoxy) is 2. The summed E-state index contributed by atoms with van der Waals surface area (Å²) in [7, 11) is 0. The summed E-state index contributed by atoms with van der Waals surface area (Å²) in [5.74, 6) is 0.613. The number of hydrogen-bond acceptors (Lipinski definition) is 6. The Labute approximate surface area is 148 Å². The molecule has 1 heterocycles. The van der Waals surface area contributed by atoms with Gasteiger partial charge in [0, 0.05) is 5.92 Å². The second kappa shape index (κ2) is 6.47. The molecule has 1 aliphatic heterocycles. The number of fused-ring (bicyclic) bond motifs is 1. The van der Waals surface area contributed by atoms with E-state index in [9.17, 15) is 14.9 Å². The Morgan fingerprint density at radius 2 is 1.96 bits per heavy atom. The predicted octanol–water partition coefficient (Wildman–Crippen LogP) is 2.58. The van der Waals surface area contributed by atoms with E-state index in [0.29, 0.717) is 11.5 Å². The fourth-order valence-electron chi connectivity index (χ4n) is 3.01. The first-order valence-electron chi connectivity index (χ1n) is 8.09. The first kappa shape index (κ1) is 16.1. The molecule has 0 spiro atoms. The lowest BCUT2D eigenvalue weighted by Crippen LogP contribution is -2.20. The van der Waals surface area contributed by atoms with Crippen molar-refractivity contribution in [3.05, 3.63) is 63.7 Å². The van der Waals surface area contributed by atoms with Crippen LogP contribution < -0.4 is 14.9 Å². The van der Waals surface area contributed by atoms with Crippen molar-refractivity contribution in [3.63, 3.8) is 0 Å². The van der Waals surface area contributed by atoms with Crippen molar-refractivity contribution >= 4 is 17.8 Å². The van der Waals surface area contributed by atoms with E-state index in [4.69, 9.17) is 9.47 Å². The molecule has 0 saturated heterocycles. The molecule has 26 heavy (non-hydrogen) atoms. The number of carbonyl (C=O) groups is 1. The van der Waals surface area contributed by atoms with E-state index in [-0.39, 0.29) is 35.8 Å². The number of carbonyl (C=O) groups excluding carboxylic acids is 1. The lowest BCUT2D eigenvalue weighted by Gasteiger charge is -2.02. The van der Waals surface area contributed by atoms with Crippen molar-refractivity contribution in [2.45, 2.75) is 12.3 Å². The number of rotatable bonds is 5. The Bertz CT molecular complexity index is 897. The number of nitro benzene ring substituents is 1. The third kappa shape index (κ3) is 3.08. The molecule has 0 unspecified atom stereocenters. The first-order chi connectivity index (χ1) is 12.6. The number of nitro groups is 1. The third-order valence-corrected chi connectivity index (χ3v) is 4.45. The van der Waals surface area contributed by atoms with Crippen LogP contribution >= 0.6 is 0 Å². The van der Waals surface area contributed by atoms with E-state index < -0.39 is 4.92 Å². The molecule has 2 aromatic rings. The van der Waals surface area contributed by atoms with Gasteiger partial charge < -0.3 is 9.47 Å². The molecule has 1 N–H and O–H groups in total. The molecule has 2 atom stereocenters. The molecular weight excluding hydrogens is 338 g/mol. The highest BCUT2D eigenvalue weighted by molar-refractivity contribution is 5.89. The minimum absolute atomic E-state index is 0.0202. The summed E-state index contributed by atoms with van der Waals surface area (Å²) in [4.78, 5) is 22.8. The van der Waals surface area contributed by atoms with Gasteiger partial charge in [0.25, 0.3) is 5.69 Å². The monoisotopic (exact) mass is 353 g/mol. The average molecular weight is 353 g/mol. The summed E-state index contributed by atoms with van der Waals surface area (Å²) in [6, 6.07) is 12.6. The maximum absolute atomic E-state index is 12.2. The Hall–Kier alpha value is -3.42. The van der Waals surface area contributed by atoms with Gasteiger partial charge in [-0.1, -0.05) is 30.3 Å². The summed E-state index contributed by atoms with van der Waals surface area (Å²) in [6.07, 6.45) is 2.02. The molecule has 0 bridgehead atoms. The number of nitrogens with zero attached hydrogens (tertiary/aromatic N) is 2. The highest BCUT2D eigenvalue weighted by Crippen LogP contribution is 2.47. The molecule has 1 aliphatic carbocycles. The van der Waals surface area contributed by atoms with E-state index in [1.54, 1.807) is 0 Å². The van der Waals surface area contributed by atoms with Crippen molar-refractivity contribution in [2.75, 3.05) is 6.79 Å². The molecule has 8 nitrogen and oxygen atoms in total. The fraction of sp³-hybridized carbons (Fsp3) is 0.222. The molecular formula is C18H15N3O5. The highest BCUT2D eigenvalue weighted by Gasteiger charge is 2.43. The second-order valence-electron chi connectivity index (χ2n) is 6.12. The molecule has 132 valence electrons. The lowest BCUT2D eigenvalue weighted by atomic mass is 10.1. The SMILES string of the molecule is O=C(N/N=C\c1cc2c(cc1[N+](=O)[O-])OCO2)[C@H]1C[C@H]1c1ccccc1. The molecule has 1 fully saturated rings. The second-order valence-corrected chi connectivity index (χ2v) is 6.12. The topological polar surface area (TPSA) is 103 Å². The Morgan fingerprint density at radius 3 is 2.69 bits per heavy atom. The average Bonchev–Trinajstić information content (AvgIpc) is 3.32. The Morgan fingerprint density at radius 1 is 1.23 bits per heavy atom. The van der Waals surface area contributed by atoms with Gasteiger partial charge in [-0.2, -0.15) is 5.10 Å². The van der Waals surface area contributed by atoms with Gasteiger partial charge in [0.2, 0.25) is 12.7 Å². The minimum atomic E-state index is -0.530. The fourth-order valence-corrected chi connectivity index (χ4v) is 3.01. The van der Waals surface area contributed by atoms with Crippen LogP contribution in [-0.2, 0) is 4.79 Å². The molecule has 1 saturated carbocycles. The smallest absolute Gasteiger partial charge is 0.282 e.